The predicted molar refractivity (Wildman–Crippen MR) is 83.2 cm³/mol. The van der Waals surface area contributed by atoms with Gasteiger partial charge in [-0.25, -0.2) is 4.98 Å². The van der Waals surface area contributed by atoms with Gasteiger partial charge in [0.2, 0.25) is 0 Å². The SMILES string of the molecule is Cn1cnc2cc(C(=O)N3CCC[C@H](C(=O)O)C3)ccc2c1=O. The number of rotatable bonds is 2. The molecule has 0 aliphatic carbocycles. The Morgan fingerprint density at radius 1 is 1.35 bits per heavy atom. The molecule has 1 N–H and O–H groups in total. The highest BCUT2D eigenvalue weighted by Crippen LogP contribution is 2.20. The summed E-state index contributed by atoms with van der Waals surface area (Å²) >= 11 is 0. The van der Waals surface area contributed by atoms with E-state index in [-0.39, 0.29) is 18.0 Å². The van der Waals surface area contributed by atoms with Gasteiger partial charge in [0.15, 0.2) is 0 Å². The van der Waals surface area contributed by atoms with E-state index < -0.39 is 11.9 Å². The molecule has 7 nitrogen and oxygen atoms in total. The van der Waals surface area contributed by atoms with Crippen LogP contribution in [0.2, 0.25) is 0 Å². The van der Waals surface area contributed by atoms with Gasteiger partial charge in [0, 0.05) is 25.7 Å². The standard InChI is InChI=1S/C16H17N3O4/c1-18-9-17-13-7-10(4-5-12(13)15(18)21)14(20)19-6-2-3-11(8-19)16(22)23/h4-5,7,9,11H,2-3,6,8H2,1H3,(H,22,23)/t11-/m0/s1. The first kappa shape index (κ1) is 15.2. The molecule has 0 bridgehead atoms. The second kappa shape index (κ2) is 5.83. The molecule has 1 fully saturated rings. The van der Waals surface area contributed by atoms with Crippen LogP contribution in [-0.2, 0) is 11.8 Å². The van der Waals surface area contributed by atoms with E-state index in [2.05, 4.69) is 4.98 Å². The van der Waals surface area contributed by atoms with Gasteiger partial charge >= 0.3 is 5.97 Å². The lowest BCUT2D eigenvalue weighted by Crippen LogP contribution is -2.42. The Morgan fingerprint density at radius 3 is 2.87 bits per heavy atom. The van der Waals surface area contributed by atoms with E-state index in [0.717, 1.165) is 0 Å². The largest absolute Gasteiger partial charge is 0.481 e. The number of aryl methyl sites for hydroxylation is 1. The first-order valence-corrected chi connectivity index (χ1v) is 7.45. The normalized spacial score (nSPS) is 18.1. The Kier molecular flexibility index (Phi) is 3.85. The van der Waals surface area contributed by atoms with E-state index >= 15 is 0 Å². The van der Waals surface area contributed by atoms with Gasteiger partial charge in [-0.1, -0.05) is 0 Å². The Morgan fingerprint density at radius 2 is 2.13 bits per heavy atom. The van der Waals surface area contributed by atoms with Crippen LogP contribution in [0.25, 0.3) is 10.9 Å². The zero-order chi connectivity index (χ0) is 16.6. The van der Waals surface area contributed by atoms with Gasteiger partial charge in [0.25, 0.3) is 11.5 Å². The van der Waals surface area contributed by atoms with Crippen molar-refractivity contribution in [3.8, 4) is 0 Å². The molecule has 3 rings (SSSR count). The van der Waals surface area contributed by atoms with Crippen molar-refractivity contribution in [2.75, 3.05) is 13.1 Å². The van der Waals surface area contributed by atoms with Crippen molar-refractivity contribution >= 4 is 22.8 Å². The third kappa shape index (κ3) is 2.81. The number of nitrogens with zero attached hydrogens (tertiary/aromatic N) is 3. The molecule has 7 heteroatoms. The monoisotopic (exact) mass is 315 g/mol. The predicted octanol–water partition coefficient (Wildman–Crippen LogP) is 0.870. The molecule has 1 aromatic carbocycles. The van der Waals surface area contributed by atoms with Crippen molar-refractivity contribution in [3.63, 3.8) is 0 Å². The van der Waals surface area contributed by atoms with Crippen LogP contribution in [0.4, 0.5) is 0 Å². The zero-order valence-electron chi connectivity index (χ0n) is 12.7. The second-order valence-electron chi connectivity index (χ2n) is 5.82. The van der Waals surface area contributed by atoms with Crippen LogP contribution in [0, 0.1) is 5.92 Å². The zero-order valence-corrected chi connectivity index (χ0v) is 12.7. The van der Waals surface area contributed by atoms with E-state index in [4.69, 9.17) is 5.11 Å². The minimum absolute atomic E-state index is 0.169. The highest BCUT2D eigenvalue weighted by molar-refractivity contribution is 5.97. The summed E-state index contributed by atoms with van der Waals surface area (Å²) in [6, 6.07) is 4.78. The topological polar surface area (TPSA) is 92.5 Å². The molecule has 1 atom stereocenters. The smallest absolute Gasteiger partial charge is 0.308 e. The summed E-state index contributed by atoms with van der Waals surface area (Å²) < 4.78 is 1.38. The summed E-state index contributed by atoms with van der Waals surface area (Å²) in [6.45, 7) is 0.765. The number of carbonyl (C=O) groups is 2. The number of carboxylic acid groups (broad SMARTS) is 1. The number of hydrogen-bond acceptors (Lipinski definition) is 4. The first-order valence-electron chi connectivity index (χ1n) is 7.45. The molecule has 1 amide bonds. The Hall–Kier alpha value is -2.70. The van der Waals surface area contributed by atoms with E-state index in [1.54, 1.807) is 30.1 Å². The van der Waals surface area contributed by atoms with Gasteiger partial charge in [0.1, 0.15) is 0 Å². The molecule has 0 spiro atoms. The van der Waals surface area contributed by atoms with Crippen molar-refractivity contribution in [2.24, 2.45) is 13.0 Å². The minimum atomic E-state index is -0.869. The molecule has 23 heavy (non-hydrogen) atoms. The highest BCUT2D eigenvalue weighted by Gasteiger charge is 2.28. The average molecular weight is 315 g/mol. The number of fused-ring (bicyclic) bond motifs is 1. The summed E-state index contributed by atoms with van der Waals surface area (Å²) in [5, 5.41) is 9.57. The number of aromatic nitrogens is 2. The number of benzene rings is 1. The summed E-state index contributed by atoms with van der Waals surface area (Å²) in [4.78, 5) is 41.4. The summed E-state index contributed by atoms with van der Waals surface area (Å²) in [7, 11) is 1.62. The Labute approximate surface area is 132 Å². The number of carboxylic acids is 1. The van der Waals surface area contributed by atoms with Gasteiger partial charge in [-0.05, 0) is 31.0 Å². The highest BCUT2D eigenvalue weighted by atomic mass is 16.4. The molecule has 2 aromatic rings. The van der Waals surface area contributed by atoms with Gasteiger partial charge in [-0.15, -0.1) is 0 Å². The average Bonchev–Trinajstić information content (AvgIpc) is 2.57. The van der Waals surface area contributed by atoms with Crippen LogP contribution in [0.5, 0.6) is 0 Å². The van der Waals surface area contributed by atoms with E-state index in [1.807, 2.05) is 0 Å². The van der Waals surface area contributed by atoms with Crippen molar-refractivity contribution in [1.82, 2.24) is 14.5 Å². The number of amides is 1. The van der Waals surface area contributed by atoms with Crippen molar-refractivity contribution in [1.29, 1.82) is 0 Å². The van der Waals surface area contributed by atoms with Crippen LogP contribution in [0.1, 0.15) is 23.2 Å². The molecular formula is C16H17N3O4. The lowest BCUT2D eigenvalue weighted by molar-refractivity contribution is -0.143. The molecule has 0 saturated carbocycles. The second-order valence-corrected chi connectivity index (χ2v) is 5.82. The molecule has 1 saturated heterocycles. The number of hydrogen-bond donors (Lipinski definition) is 1. The molecule has 120 valence electrons. The molecule has 1 aliphatic heterocycles. The number of piperidine rings is 1. The fourth-order valence-electron chi connectivity index (χ4n) is 2.89. The number of carbonyl (C=O) groups excluding carboxylic acids is 1. The summed E-state index contributed by atoms with van der Waals surface area (Å²) in [5.74, 6) is -1.61. The molecular weight excluding hydrogens is 298 g/mol. The van der Waals surface area contributed by atoms with Gasteiger partial charge in [-0.3, -0.25) is 14.4 Å². The third-order valence-electron chi connectivity index (χ3n) is 4.22. The third-order valence-corrected chi connectivity index (χ3v) is 4.22. The molecule has 1 aromatic heterocycles. The lowest BCUT2D eigenvalue weighted by Gasteiger charge is -2.30. The van der Waals surface area contributed by atoms with Crippen molar-refractivity contribution in [3.05, 3.63) is 40.4 Å². The molecule has 0 radical (unpaired) electrons. The van der Waals surface area contributed by atoms with Crippen LogP contribution in [0.3, 0.4) is 0 Å². The first-order chi connectivity index (χ1) is 11.0. The molecule has 2 heterocycles. The van der Waals surface area contributed by atoms with Crippen LogP contribution < -0.4 is 5.56 Å². The van der Waals surface area contributed by atoms with Crippen LogP contribution >= 0.6 is 0 Å². The Bertz CT molecular complexity index is 843. The number of aliphatic carboxylic acids is 1. The fourth-order valence-corrected chi connectivity index (χ4v) is 2.89. The number of likely N-dealkylation sites (tertiary alicyclic amines) is 1. The van der Waals surface area contributed by atoms with E-state index in [1.165, 1.54) is 10.9 Å². The lowest BCUT2D eigenvalue weighted by atomic mass is 9.97. The molecule has 0 unspecified atom stereocenters. The maximum atomic E-state index is 12.6. The minimum Gasteiger partial charge on any atom is -0.481 e. The molecule has 1 aliphatic rings. The summed E-state index contributed by atoms with van der Waals surface area (Å²) in [6.07, 6.45) is 2.68. The van der Waals surface area contributed by atoms with Crippen molar-refractivity contribution in [2.45, 2.75) is 12.8 Å². The maximum Gasteiger partial charge on any atom is 0.308 e. The van der Waals surface area contributed by atoms with Crippen molar-refractivity contribution < 1.29 is 14.7 Å². The van der Waals surface area contributed by atoms with Gasteiger partial charge in [-0.2, -0.15) is 0 Å². The fraction of sp³-hybridized carbons (Fsp3) is 0.375. The van der Waals surface area contributed by atoms with Crippen LogP contribution in [-0.4, -0.2) is 44.5 Å². The van der Waals surface area contributed by atoms with E-state index in [0.29, 0.717) is 35.9 Å². The Balaban J connectivity index is 1.90. The quantitative estimate of drug-likeness (QED) is 0.887. The van der Waals surface area contributed by atoms with E-state index in [9.17, 15) is 14.4 Å². The van der Waals surface area contributed by atoms with Gasteiger partial charge in [0.05, 0.1) is 23.1 Å². The van der Waals surface area contributed by atoms with Crippen LogP contribution in [0.15, 0.2) is 29.3 Å². The summed E-state index contributed by atoms with van der Waals surface area (Å²) in [5.41, 5.74) is 0.716. The van der Waals surface area contributed by atoms with Gasteiger partial charge < -0.3 is 14.6 Å². The maximum absolute atomic E-state index is 12.6.